The SMILES string of the molecule is ClCCC1CCN(Cc2ccc(Cl)cc2Cl)C1. The van der Waals surface area contributed by atoms with E-state index in [9.17, 15) is 0 Å². The fraction of sp³-hybridized carbons (Fsp3) is 0.538. The zero-order valence-electron chi connectivity index (χ0n) is 9.63. The molecule has 0 aromatic heterocycles. The van der Waals surface area contributed by atoms with Crippen molar-refractivity contribution < 1.29 is 0 Å². The predicted molar refractivity (Wildman–Crippen MR) is 75.2 cm³/mol. The normalized spacial score (nSPS) is 21.0. The van der Waals surface area contributed by atoms with Gasteiger partial charge in [0.1, 0.15) is 0 Å². The van der Waals surface area contributed by atoms with Gasteiger partial charge in [0.25, 0.3) is 0 Å². The van der Waals surface area contributed by atoms with Gasteiger partial charge in [-0.3, -0.25) is 4.90 Å². The molecule has 1 heterocycles. The van der Waals surface area contributed by atoms with Gasteiger partial charge in [-0.25, -0.2) is 0 Å². The number of rotatable bonds is 4. The van der Waals surface area contributed by atoms with E-state index in [-0.39, 0.29) is 0 Å². The molecule has 1 aromatic rings. The van der Waals surface area contributed by atoms with Gasteiger partial charge in [-0.15, -0.1) is 11.6 Å². The number of hydrogen-bond donors (Lipinski definition) is 0. The first-order chi connectivity index (χ1) is 8.19. The van der Waals surface area contributed by atoms with Crippen molar-refractivity contribution in [1.82, 2.24) is 4.90 Å². The summed E-state index contributed by atoms with van der Waals surface area (Å²) in [5, 5.41) is 1.46. The topological polar surface area (TPSA) is 3.24 Å². The van der Waals surface area contributed by atoms with Crippen molar-refractivity contribution in [3.63, 3.8) is 0 Å². The van der Waals surface area contributed by atoms with E-state index in [1.165, 1.54) is 6.42 Å². The first kappa shape index (κ1) is 13.5. The van der Waals surface area contributed by atoms with Gasteiger partial charge in [-0.1, -0.05) is 29.3 Å². The van der Waals surface area contributed by atoms with Gasteiger partial charge in [0.05, 0.1) is 0 Å². The van der Waals surface area contributed by atoms with Gasteiger partial charge in [0.15, 0.2) is 0 Å². The zero-order valence-corrected chi connectivity index (χ0v) is 11.9. The van der Waals surface area contributed by atoms with E-state index in [0.29, 0.717) is 5.02 Å². The van der Waals surface area contributed by atoms with Gasteiger partial charge >= 0.3 is 0 Å². The van der Waals surface area contributed by atoms with Crippen molar-refractivity contribution in [1.29, 1.82) is 0 Å². The summed E-state index contributed by atoms with van der Waals surface area (Å²) in [5.41, 5.74) is 1.16. The van der Waals surface area contributed by atoms with Crippen LogP contribution in [0.1, 0.15) is 18.4 Å². The molecule has 1 atom stereocenters. The van der Waals surface area contributed by atoms with Crippen LogP contribution in [0.2, 0.25) is 10.0 Å². The van der Waals surface area contributed by atoms with Crippen LogP contribution in [0.4, 0.5) is 0 Å². The van der Waals surface area contributed by atoms with Gasteiger partial charge < -0.3 is 0 Å². The molecule has 0 saturated carbocycles. The maximum Gasteiger partial charge on any atom is 0.0465 e. The summed E-state index contributed by atoms with van der Waals surface area (Å²) in [7, 11) is 0. The van der Waals surface area contributed by atoms with Gasteiger partial charge in [0.2, 0.25) is 0 Å². The molecule has 17 heavy (non-hydrogen) atoms. The van der Waals surface area contributed by atoms with Crippen molar-refractivity contribution in [3.05, 3.63) is 33.8 Å². The number of hydrogen-bond acceptors (Lipinski definition) is 1. The summed E-state index contributed by atoms with van der Waals surface area (Å²) in [5.74, 6) is 1.51. The van der Waals surface area contributed by atoms with E-state index < -0.39 is 0 Å². The molecule has 0 spiro atoms. The van der Waals surface area contributed by atoms with Gasteiger partial charge in [-0.05, 0) is 43.0 Å². The minimum absolute atomic E-state index is 0.695. The summed E-state index contributed by atoms with van der Waals surface area (Å²) >= 11 is 17.8. The minimum Gasteiger partial charge on any atom is -0.299 e. The average Bonchev–Trinajstić information content (AvgIpc) is 2.71. The van der Waals surface area contributed by atoms with E-state index in [4.69, 9.17) is 34.8 Å². The smallest absolute Gasteiger partial charge is 0.0465 e. The van der Waals surface area contributed by atoms with Crippen LogP contribution in [-0.4, -0.2) is 23.9 Å². The maximum absolute atomic E-state index is 6.17. The Morgan fingerprint density at radius 1 is 1.29 bits per heavy atom. The van der Waals surface area contributed by atoms with Crippen molar-refractivity contribution >= 4 is 34.8 Å². The summed E-state index contributed by atoms with van der Waals surface area (Å²) < 4.78 is 0. The van der Waals surface area contributed by atoms with E-state index in [1.54, 1.807) is 0 Å². The summed E-state index contributed by atoms with van der Waals surface area (Å²) in [6.45, 7) is 3.18. The largest absolute Gasteiger partial charge is 0.299 e. The molecule has 1 aliphatic heterocycles. The fourth-order valence-corrected chi connectivity index (χ4v) is 3.11. The molecule has 0 N–H and O–H groups in total. The second-order valence-electron chi connectivity index (χ2n) is 4.60. The molecule has 0 radical (unpaired) electrons. The lowest BCUT2D eigenvalue weighted by molar-refractivity contribution is 0.315. The molecule has 0 amide bonds. The van der Waals surface area contributed by atoms with Crippen LogP contribution >= 0.6 is 34.8 Å². The summed E-state index contributed by atoms with van der Waals surface area (Å²) in [6.07, 6.45) is 2.37. The Bertz CT molecular complexity index is 381. The Labute approximate surface area is 118 Å². The van der Waals surface area contributed by atoms with E-state index >= 15 is 0 Å². The average molecular weight is 293 g/mol. The van der Waals surface area contributed by atoms with Crippen molar-refractivity contribution in [2.75, 3.05) is 19.0 Å². The van der Waals surface area contributed by atoms with Crippen molar-refractivity contribution in [3.8, 4) is 0 Å². The van der Waals surface area contributed by atoms with Crippen LogP contribution in [0.15, 0.2) is 18.2 Å². The molecule has 2 rings (SSSR count). The van der Waals surface area contributed by atoms with Gasteiger partial charge in [-0.2, -0.15) is 0 Å². The molecule has 4 heteroatoms. The first-order valence-corrected chi connectivity index (χ1v) is 7.20. The Balaban J connectivity index is 1.93. The summed E-state index contributed by atoms with van der Waals surface area (Å²) in [4.78, 5) is 2.44. The van der Waals surface area contributed by atoms with Gasteiger partial charge in [0, 0.05) is 29.0 Å². The van der Waals surface area contributed by atoms with Crippen LogP contribution in [0.25, 0.3) is 0 Å². The van der Waals surface area contributed by atoms with Crippen LogP contribution in [-0.2, 0) is 6.54 Å². The van der Waals surface area contributed by atoms with E-state index in [1.807, 2.05) is 18.2 Å². The third kappa shape index (κ3) is 3.75. The lowest BCUT2D eigenvalue weighted by Crippen LogP contribution is -2.20. The summed E-state index contributed by atoms with van der Waals surface area (Å²) in [6, 6.07) is 5.72. The quantitative estimate of drug-likeness (QED) is 0.741. The molecule has 1 unspecified atom stereocenters. The highest BCUT2D eigenvalue weighted by molar-refractivity contribution is 6.35. The molecule has 1 saturated heterocycles. The molecule has 0 aliphatic carbocycles. The zero-order chi connectivity index (χ0) is 12.3. The minimum atomic E-state index is 0.695. The lowest BCUT2D eigenvalue weighted by Gasteiger charge is -2.16. The Kier molecular flexibility index (Phi) is 4.98. The molecule has 1 fully saturated rings. The second-order valence-corrected chi connectivity index (χ2v) is 5.82. The number of nitrogens with zero attached hydrogens (tertiary/aromatic N) is 1. The molecular formula is C13H16Cl3N. The fourth-order valence-electron chi connectivity index (χ4n) is 2.34. The monoisotopic (exact) mass is 291 g/mol. The van der Waals surface area contributed by atoms with E-state index in [2.05, 4.69) is 4.90 Å². The molecular weight excluding hydrogens is 277 g/mol. The number of likely N-dealkylation sites (tertiary alicyclic amines) is 1. The third-order valence-electron chi connectivity index (χ3n) is 3.30. The van der Waals surface area contributed by atoms with Crippen LogP contribution < -0.4 is 0 Å². The predicted octanol–water partition coefficient (Wildman–Crippen LogP) is 4.44. The molecule has 94 valence electrons. The number of benzene rings is 1. The maximum atomic E-state index is 6.17. The Morgan fingerprint density at radius 2 is 2.12 bits per heavy atom. The second kappa shape index (κ2) is 6.29. The van der Waals surface area contributed by atoms with Crippen molar-refractivity contribution in [2.45, 2.75) is 19.4 Å². The number of alkyl halides is 1. The first-order valence-electron chi connectivity index (χ1n) is 5.91. The third-order valence-corrected chi connectivity index (χ3v) is 4.10. The molecule has 0 bridgehead atoms. The highest BCUT2D eigenvalue weighted by atomic mass is 35.5. The number of halogens is 3. The van der Waals surface area contributed by atoms with Crippen LogP contribution in [0.3, 0.4) is 0 Å². The Morgan fingerprint density at radius 3 is 2.82 bits per heavy atom. The highest BCUT2D eigenvalue weighted by Gasteiger charge is 2.22. The lowest BCUT2D eigenvalue weighted by atomic mass is 10.1. The van der Waals surface area contributed by atoms with Crippen molar-refractivity contribution in [2.24, 2.45) is 5.92 Å². The van der Waals surface area contributed by atoms with Crippen LogP contribution in [0, 0.1) is 5.92 Å². The standard InChI is InChI=1S/C13H16Cl3N/c14-5-3-10-4-6-17(8-10)9-11-1-2-12(15)7-13(11)16/h1-2,7,10H,3-6,8-9H2. The van der Waals surface area contributed by atoms with Crippen LogP contribution in [0.5, 0.6) is 0 Å². The molecule has 1 aliphatic rings. The Hall–Kier alpha value is 0.0500. The molecule has 1 aromatic carbocycles. The van der Waals surface area contributed by atoms with E-state index in [0.717, 1.165) is 48.4 Å². The highest BCUT2D eigenvalue weighted by Crippen LogP contribution is 2.26. The molecule has 1 nitrogen and oxygen atoms in total.